The number of aliphatic hydroxyl groups excluding tert-OH is 1. The Morgan fingerprint density at radius 1 is 0.933 bits per heavy atom. The lowest BCUT2D eigenvalue weighted by Gasteiger charge is -2.65. The molecule has 0 radical (unpaired) electrons. The molecule has 9 atom stereocenters. The largest absolute Gasteiger partial charge is 0.393 e. The summed E-state index contributed by atoms with van der Waals surface area (Å²) in [6, 6.07) is 0. The quantitative estimate of drug-likeness (QED) is 0.469. The summed E-state index contributed by atoms with van der Waals surface area (Å²) in [6.07, 6.45) is 17.6. The maximum absolute atomic E-state index is 11.5. The summed E-state index contributed by atoms with van der Waals surface area (Å²) in [5.41, 5.74) is 2.48. The third-order valence-corrected chi connectivity index (χ3v) is 10.8. The maximum atomic E-state index is 11.5. The van der Waals surface area contributed by atoms with Crippen LogP contribution in [0.1, 0.15) is 99.8 Å². The molecule has 1 N–H and O–H groups in total. The number of hydrogen-bond acceptors (Lipinski definition) is 1. The van der Waals surface area contributed by atoms with Crippen LogP contribution in [0.15, 0.2) is 23.8 Å². The predicted molar refractivity (Wildman–Crippen MR) is 128 cm³/mol. The molecule has 0 bridgehead atoms. The molecule has 30 heavy (non-hydrogen) atoms. The average Bonchev–Trinajstić information content (AvgIpc) is 2.97. The molecule has 4 saturated carbocycles. The molecule has 0 aromatic heterocycles. The van der Waals surface area contributed by atoms with Crippen LogP contribution in [0.3, 0.4) is 0 Å². The van der Waals surface area contributed by atoms with Crippen molar-refractivity contribution in [3.63, 3.8) is 0 Å². The Labute approximate surface area is 186 Å². The second kappa shape index (κ2) is 7.79. The van der Waals surface area contributed by atoms with E-state index < -0.39 is 0 Å². The van der Waals surface area contributed by atoms with Crippen LogP contribution < -0.4 is 0 Å². The van der Waals surface area contributed by atoms with Gasteiger partial charge in [-0.3, -0.25) is 0 Å². The summed E-state index contributed by atoms with van der Waals surface area (Å²) in [5.74, 6) is 4.34. The van der Waals surface area contributed by atoms with Crippen LogP contribution in [0.5, 0.6) is 0 Å². The molecule has 4 aliphatic rings. The SMILES string of the molecule is CC(C)=C/C=C/[C@@H](C)[C@H]1CC[C@H]2[C@@H]3CC(O)C4C(C)(C)CCC[C@]4(C)[C@H]3CC[C@]12C. The fraction of sp³-hybridized carbons (Fsp3) is 0.862. The van der Waals surface area contributed by atoms with Gasteiger partial charge in [-0.15, -0.1) is 0 Å². The first-order valence-corrected chi connectivity index (χ1v) is 13.0. The standard InChI is InChI=1S/C29H48O/c1-19(2)10-8-11-20(3)22-12-13-23-21-18-25(30)26-27(4,5)15-9-16-29(26,7)24(21)14-17-28(22,23)6/h8,10-11,20-26,30H,9,12-18H2,1-7H3/b11-8+/t20-,21+,22-,23+,24+,25?,26?,28-,29-/m1/s1. The molecule has 0 saturated heterocycles. The van der Waals surface area contributed by atoms with Gasteiger partial charge in [0.25, 0.3) is 0 Å². The zero-order valence-electron chi connectivity index (χ0n) is 20.9. The normalized spacial score (nSPS) is 48.5. The molecular weight excluding hydrogens is 364 g/mol. The Hall–Kier alpha value is -0.560. The number of allylic oxidation sites excluding steroid dienone is 4. The van der Waals surface area contributed by atoms with Gasteiger partial charge in [0, 0.05) is 0 Å². The van der Waals surface area contributed by atoms with E-state index in [1.807, 2.05) is 0 Å². The van der Waals surface area contributed by atoms with Crippen molar-refractivity contribution in [1.29, 1.82) is 0 Å². The van der Waals surface area contributed by atoms with Crippen LogP contribution in [0.2, 0.25) is 0 Å². The molecule has 0 aromatic carbocycles. The van der Waals surface area contributed by atoms with Crippen LogP contribution in [0.4, 0.5) is 0 Å². The van der Waals surface area contributed by atoms with Gasteiger partial charge in [0.2, 0.25) is 0 Å². The summed E-state index contributed by atoms with van der Waals surface area (Å²) >= 11 is 0. The average molecular weight is 413 g/mol. The molecule has 1 nitrogen and oxygen atoms in total. The number of aliphatic hydroxyl groups is 1. The summed E-state index contributed by atoms with van der Waals surface area (Å²) in [4.78, 5) is 0. The van der Waals surface area contributed by atoms with E-state index in [-0.39, 0.29) is 6.10 Å². The van der Waals surface area contributed by atoms with Gasteiger partial charge in [-0.25, -0.2) is 0 Å². The van der Waals surface area contributed by atoms with Crippen molar-refractivity contribution in [2.24, 2.45) is 51.8 Å². The van der Waals surface area contributed by atoms with E-state index in [0.717, 1.165) is 30.1 Å². The lowest BCUT2D eigenvalue weighted by Crippen LogP contribution is -2.60. The zero-order valence-corrected chi connectivity index (χ0v) is 20.9. The Morgan fingerprint density at radius 3 is 2.33 bits per heavy atom. The van der Waals surface area contributed by atoms with E-state index in [1.54, 1.807) is 0 Å². The molecule has 0 heterocycles. The van der Waals surface area contributed by atoms with Gasteiger partial charge in [0.15, 0.2) is 0 Å². The van der Waals surface area contributed by atoms with Crippen LogP contribution in [0, 0.1) is 51.8 Å². The topological polar surface area (TPSA) is 20.2 Å². The number of fused-ring (bicyclic) bond motifs is 5. The van der Waals surface area contributed by atoms with E-state index in [1.165, 1.54) is 50.5 Å². The third kappa shape index (κ3) is 3.46. The van der Waals surface area contributed by atoms with Gasteiger partial charge in [-0.1, -0.05) is 64.8 Å². The molecule has 1 heteroatoms. The summed E-state index contributed by atoms with van der Waals surface area (Å²) in [7, 11) is 0. The van der Waals surface area contributed by atoms with E-state index in [0.29, 0.717) is 28.1 Å². The van der Waals surface area contributed by atoms with Crippen molar-refractivity contribution in [3.05, 3.63) is 23.8 Å². The molecule has 4 rings (SSSR count). The Bertz CT molecular complexity index is 697. The molecule has 4 fully saturated rings. The number of rotatable bonds is 3. The van der Waals surface area contributed by atoms with Crippen molar-refractivity contribution in [1.82, 2.24) is 0 Å². The molecule has 2 unspecified atom stereocenters. The second-order valence-corrected chi connectivity index (χ2v) is 13.2. The third-order valence-electron chi connectivity index (χ3n) is 10.8. The fourth-order valence-corrected chi connectivity index (χ4v) is 9.82. The van der Waals surface area contributed by atoms with Gasteiger partial charge < -0.3 is 5.11 Å². The molecule has 4 aliphatic carbocycles. The predicted octanol–water partition coefficient (Wildman–Crippen LogP) is 7.80. The van der Waals surface area contributed by atoms with Crippen molar-refractivity contribution in [2.45, 2.75) is 106 Å². The highest BCUT2D eigenvalue weighted by atomic mass is 16.3. The van der Waals surface area contributed by atoms with E-state index in [9.17, 15) is 5.11 Å². The van der Waals surface area contributed by atoms with Gasteiger partial charge >= 0.3 is 0 Å². The highest BCUT2D eigenvalue weighted by Crippen LogP contribution is 2.70. The lowest BCUT2D eigenvalue weighted by molar-refractivity contribution is -0.193. The molecular formula is C29H48O. The molecule has 0 aliphatic heterocycles. The smallest absolute Gasteiger partial charge is 0.0581 e. The van der Waals surface area contributed by atoms with Crippen molar-refractivity contribution >= 4 is 0 Å². The second-order valence-electron chi connectivity index (χ2n) is 13.2. The van der Waals surface area contributed by atoms with Crippen molar-refractivity contribution < 1.29 is 5.11 Å². The molecule has 0 aromatic rings. The first-order chi connectivity index (χ1) is 14.0. The minimum Gasteiger partial charge on any atom is -0.393 e. The summed E-state index contributed by atoms with van der Waals surface area (Å²) in [6.45, 7) is 16.9. The highest BCUT2D eigenvalue weighted by molar-refractivity contribution is 5.15. The molecule has 0 amide bonds. The summed E-state index contributed by atoms with van der Waals surface area (Å²) in [5, 5.41) is 11.5. The fourth-order valence-electron chi connectivity index (χ4n) is 9.82. The van der Waals surface area contributed by atoms with Crippen LogP contribution in [0.25, 0.3) is 0 Å². The van der Waals surface area contributed by atoms with Gasteiger partial charge in [0.1, 0.15) is 0 Å². The van der Waals surface area contributed by atoms with E-state index in [4.69, 9.17) is 0 Å². The maximum Gasteiger partial charge on any atom is 0.0581 e. The van der Waals surface area contributed by atoms with Crippen LogP contribution in [-0.4, -0.2) is 11.2 Å². The monoisotopic (exact) mass is 412 g/mol. The van der Waals surface area contributed by atoms with Crippen molar-refractivity contribution in [3.8, 4) is 0 Å². The van der Waals surface area contributed by atoms with E-state index >= 15 is 0 Å². The zero-order chi connectivity index (χ0) is 21.9. The first kappa shape index (κ1) is 22.6. The highest BCUT2D eigenvalue weighted by Gasteiger charge is 2.64. The minimum atomic E-state index is -0.0945. The van der Waals surface area contributed by atoms with Gasteiger partial charge in [0.05, 0.1) is 6.10 Å². The molecule has 0 spiro atoms. The Morgan fingerprint density at radius 2 is 1.63 bits per heavy atom. The minimum absolute atomic E-state index is 0.0945. The van der Waals surface area contributed by atoms with E-state index in [2.05, 4.69) is 66.7 Å². The van der Waals surface area contributed by atoms with Gasteiger partial charge in [-0.05, 0) is 111 Å². The first-order valence-electron chi connectivity index (χ1n) is 13.0. The Kier molecular flexibility index (Phi) is 5.87. The van der Waals surface area contributed by atoms with Gasteiger partial charge in [-0.2, -0.15) is 0 Å². The lowest BCUT2D eigenvalue weighted by atomic mass is 9.40. The molecule has 170 valence electrons. The van der Waals surface area contributed by atoms with Crippen LogP contribution in [-0.2, 0) is 0 Å². The van der Waals surface area contributed by atoms with Crippen molar-refractivity contribution in [2.75, 3.05) is 0 Å². The number of hydrogen-bond donors (Lipinski definition) is 1. The van der Waals surface area contributed by atoms with Crippen LogP contribution >= 0.6 is 0 Å². The summed E-state index contributed by atoms with van der Waals surface area (Å²) < 4.78 is 0. The Balaban J connectivity index is 1.59.